The van der Waals surface area contributed by atoms with Crippen molar-refractivity contribution in [2.75, 3.05) is 24.1 Å². The van der Waals surface area contributed by atoms with Gasteiger partial charge in [-0.1, -0.05) is 12.1 Å². The minimum Gasteiger partial charge on any atom is -0.397 e. The third-order valence-corrected chi connectivity index (χ3v) is 6.76. The molecule has 0 radical (unpaired) electrons. The summed E-state index contributed by atoms with van der Waals surface area (Å²) in [7, 11) is -3.69. The molecule has 4 N–H and O–H groups in total. The molecule has 0 spiro atoms. The van der Waals surface area contributed by atoms with E-state index in [1.54, 1.807) is 38.1 Å². The predicted molar refractivity (Wildman–Crippen MR) is 106 cm³/mol. The highest BCUT2D eigenvalue weighted by Gasteiger charge is 2.35. The van der Waals surface area contributed by atoms with Crippen molar-refractivity contribution in [1.29, 1.82) is 0 Å². The lowest BCUT2D eigenvalue weighted by Crippen LogP contribution is -2.44. The number of piperidine rings is 1. The van der Waals surface area contributed by atoms with E-state index in [4.69, 9.17) is 5.73 Å². The first kappa shape index (κ1) is 21.2. The number of para-hydroxylation sites is 2. The van der Waals surface area contributed by atoms with Crippen LogP contribution >= 0.6 is 12.4 Å². The lowest BCUT2D eigenvalue weighted by atomic mass is 9.98. The molecular weight excluding hydrogens is 390 g/mol. The van der Waals surface area contributed by atoms with Gasteiger partial charge in [-0.05, 0) is 38.8 Å². The van der Waals surface area contributed by atoms with Crippen LogP contribution in [0.2, 0.25) is 0 Å². The molecular formula is C17H24ClN5O3S. The van der Waals surface area contributed by atoms with E-state index in [2.05, 4.69) is 15.5 Å². The number of amides is 1. The highest BCUT2D eigenvalue weighted by molar-refractivity contribution is 7.89. The minimum absolute atomic E-state index is 0. The Kier molecular flexibility index (Phi) is 6.50. The quantitative estimate of drug-likeness (QED) is 0.662. The number of rotatable bonds is 4. The van der Waals surface area contributed by atoms with E-state index in [1.165, 1.54) is 4.31 Å². The van der Waals surface area contributed by atoms with Crippen molar-refractivity contribution in [1.82, 2.24) is 14.5 Å². The Morgan fingerprint density at radius 3 is 2.67 bits per heavy atom. The van der Waals surface area contributed by atoms with Gasteiger partial charge in [0.05, 0.1) is 28.7 Å². The van der Waals surface area contributed by atoms with E-state index in [0.717, 1.165) is 0 Å². The number of nitrogens with two attached hydrogens (primary N) is 1. The van der Waals surface area contributed by atoms with Crippen LogP contribution < -0.4 is 11.1 Å². The van der Waals surface area contributed by atoms with Crippen molar-refractivity contribution in [2.24, 2.45) is 5.92 Å². The van der Waals surface area contributed by atoms with Gasteiger partial charge in [-0.15, -0.1) is 12.4 Å². The van der Waals surface area contributed by atoms with Crippen molar-refractivity contribution in [3.8, 4) is 0 Å². The van der Waals surface area contributed by atoms with Crippen LogP contribution in [0.4, 0.5) is 11.4 Å². The Balaban J connectivity index is 0.00000261. The van der Waals surface area contributed by atoms with Gasteiger partial charge in [0.2, 0.25) is 15.9 Å². The number of nitrogen functional groups attached to an aromatic ring is 1. The zero-order valence-electron chi connectivity index (χ0n) is 15.2. The van der Waals surface area contributed by atoms with Gasteiger partial charge in [0.25, 0.3) is 0 Å². The Morgan fingerprint density at radius 1 is 1.33 bits per heavy atom. The number of hydrogen-bond acceptors (Lipinski definition) is 5. The van der Waals surface area contributed by atoms with Crippen molar-refractivity contribution in [2.45, 2.75) is 31.6 Å². The molecule has 8 nitrogen and oxygen atoms in total. The SMILES string of the molecule is Cc1n[nH]c(C)c1S(=O)(=O)N1CCCC(C(=O)Nc2ccccc2N)C1.Cl. The van der Waals surface area contributed by atoms with E-state index >= 15 is 0 Å². The minimum atomic E-state index is -3.69. The molecule has 148 valence electrons. The summed E-state index contributed by atoms with van der Waals surface area (Å²) in [6.07, 6.45) is 1.26. The van der Waals surface area contributed by atoms with Gasteiger partial charge >= 0.3 is 0 Å². The number of carbonyl (C=O) groups is 1. The maximum absolute atomic E-state index is 13.0. The summed E-state index contributed by atoms with van der Waals surface area (Å²) in [6.45, 7) is 3.87. The monoisotopic (exact) mass is 413 g/mol. The average molecular weight is 414 g/mol. The number of sulfonamides is 1. The Labute approximate surface area is 165 Å². The van der Waals surface area contributed by atoms with Crippen molar-refractivity contribution < 1.29 is 13.2 Å². The van der Waals surface area contributed by atoms with Crippen molar-refractivity contribution in [3.05, 3.63) is 35.7 Å². The number of hydrogen-bond donors (Lipinski definition) is 3. The fourth-order valence-electron chi connectivity index (χ4n) is 3.27. The number of aryl methyl sites for hydroxylation is 2. The largest absolute Gasteiger partial charge is 0.397 e. The molecule has 1 aromatic carbocycles. The zero-order chi connectivity index (χ0) is 18.9. The molecule has 1 atom stereocenters. The Hall–Kier alpha value is -2.10. The molecule has 2 heterocycles. The summed E-state index contributed by atoms with van der Waals surface area (Å²) in [6, 6.07) is 7.00. The normalized spacial score (nSPS) is 17.9. The summed E-state index contributed by atoms with van der Waals surface area (Å²) in [5, 5.41) is 9.48. The number of anilines is 2. The number of carbonyl (C=O) groups excluding carboxylic acids is 1. The molecule has 0 bridgehead atoms. The molecule has 1 fully saturated rings. The summed E-state index contributed by atoms with van der Waals surface area (Å²) in [4.78, 5) is 12.8. The second-order valence-corrected chi connectivity index (χ2v) is 8.42. The summed E-state index contributed by atoms with van der Waals surface area (Å²) >= 11 is 0. The van der Waals surface area contributed by atoms with Crippen LogP contribution in [-0.2, 0) is 14.8 Å². The van der Waals surface area contributed by atoms with Crippen LogP contribution in [0, 0.1) is 19.8 Å². The number of aromatic amines is 1. The Morgan fingerprint density at radius 2 is 2.04 bits per heavy atom. The first-order chi connectivity index (χ1) is 12.3. The van der Waals surface area contributed by atoms with Gasteiger partial charge in [-0.2, -0.15) is 9.40 Å². The maximum atomic E-state index is 13.0. The molecule has 27 heavy (non-hydrogen) atoms. The van der Waals surface area contributed by atoms with E-state index in [0.29, 0.717) is 42.1 Å². The Bertz CT molecular complexity index is 909. The first-order valence-corrected chi connectivity index (χ1v) is 9.92. The molecule has 1 aromatic heterocycles. The average Bonchev–Trinajstić information content (AvgIpc) is 2.96. The maximum Gasteiger partial charge on any atom is 0.246 e. The van der Waals surface area contributed by atoms with Crippen LogP contribution in [0.5, 0.6) is 0 Å². The smallest absolute Gasteiger partial charge is 0.246 e. The van der Waals surface area contributed by atoms with E-state index in [1.807, 2.05) is 0 Å². The summed E-state index contributed by atoms with van der Waals surface area (Å²) in [5.41, 5.74) is 7.82. The topological polar surface area (TPSA) is 121 Å². The van der Waals surface area contributed by atoms with Crippen molar-refractivity contribution >= 4 is 39.7 Å². The van der Waals surface area contributed by atoms with Crippen molar-refractivity contribution in [3.63, 3.8) is 0 Å². The van der Waals surface area contributed by atoms with Crippen LogP contribution in [0.3, 0.4) is 0 Å². The highest BCUT2D eigenvalue weighted by atomic mass is 35.5. The predicted octanol–water partition coefficient (Wildman–Crippen LogP) is 2.07. The van der Waals surface area contributed by atoms with E-state index in [9.17, 15) is 13.2 Å². The lowest BCUT2D eigenvalue weighted by molar-refractivity contribution is -0.120. The van der Waals surface area contributed by atoms with Gasteiger partial charge in [0, 0.05) is 13.1 Å². The van der Waals surface area contributed by atoms with Crippen LogP contribution in [0.25, 0.3) is 0 Å². The molecule has 1 aliphatic rings. The number of nitrogens with one attached hydrogen (secondary N) is 2. The van der Waals surface area contributed by atoms with E-state index < -0.39 is 15.9 Å². The van der Waals surface area contributed by atoms with Gasteiger partial charge in [0.15, 0.2) is 0 Å². The van der Waals surface area contributed by atoms with Crippen LogP contribution in [-0.4, -0.2) is 41.9 Å². The molecule has 1 amide bonds. The van der Waals surface area contributed by atoms with E-state index in [-0.39, 0.29) is 29.8 Å². The third kappa shape index (κ3) is 4.26. The van der Waals surface area contributed by atoms with Gasteiger partial charge in [0.1, 0.15) is 4.90 Å². The van der Waals surface area contributed by atoms with Gasteiger partial charge in [-0.25, -0.2) is 8.42 Å². The second-order valence-electron chi connectivity index (χ2n) is 6.54. The molecule has 10 heteroatoms. The molecule has 1 aliphatic heterocycles. The van der Waals surface area contributed by atoms with Crippen LogP contribution in [0.1, 0.15) is 24.2 Å². The van der Waals surface area contributed by atoms with Crippen LogP contribution in [0.15, 0.2) is 29.2 Å². The fourth-order valence-corrected chi connectivity index (χ4v) is 5.13. The van der Waals surface area contributed by atoms with Gasteiger partial charge in [-0.3, -0.25) is 9.89 Å². The molecule has 0 saturated carbocycles. The molecule has 2 aromatic rings. The highest BCUT2D eigenvalue weighted by Crippen LogP contribution is 2.28. The number of benzene rings is 1. The second kappa shape index (κ2) is 8.28. The standard InChI is InChI=1S/C17H23N5O3S.ClH/c1-11-16(12(2)21-20-11)26(24,25)22-9-5-6-13(10-22)17(23)19-15-8-4-3-7-14(15)18;/h3-4,7-8,13H,5-6,9-10,18H2,1-2H3,(H,19,23)(H,20,21);1H. The number of H-pyrrole nitrogens is 1. The molecule has 0 aliphatic carbocycles. The third-order valence-electron chi connectivity index (χ3n) is 4.63. The number of aromatic nitrogens is 2. The fraction of sp³-hybridized carbons (Fsp3) is 0.412. The summed E-state index contributed by atoms with van der Waals surface area (Å²) in [5.74, 6) is -0.644. The molecule has 3 rings (SSSR count). The number of halogens is 1. The zero-order valence-corrected chi connectivity index (χ0v) is 16.9. The summed E-state index contributed by atoms with van der Waals surface area (Å²) < 4.78 is 27.3. The molecule has 1 saturated heterocycles. The number of nitrogens with zero attached hydrogens (tertiary/aromatic N) is 2. The molecule has 1 unspecified atom stereocenters. The van der Waals surface area contributed by atoms with Gasteiger partial charge < -0.3 is 11.1 Å². The lowest BCUT2D eigenvalue weighted by Gasteiger charge is -2.31. The first-order valence-electron chi connectivity index (χ1n) is 8.48.